The zero-order chi connectivity index (χ0) is 24.6. The van der Waals surface area contributed by atoms with Gasteiger partial charge in [0.25, 0.3) is 5.91 Å². The maximum atomic E-state index is 13.3. The fourth-order valence-electron chi connectivity index (χ4n) is 5.04. The molecule has 4 amide bonds. The minimum atomic E-state index is -0.954. The standard InChI is InChI=1S/C27H29N5O3/c1-18-10-6-7-13-21(18)22-16-23(31(30-22)17-20-11-4-3-5-12-20)28-24(33)19(2)32-25(34)27(29-26(32)35)14-8-9-15-27/h3-7,10-13,16,19H,8-9,14-15,17H2,1-2H3,(H,28,33)(H,29,35). The summed E-state index contributed by atoms with van der Waals surface area (Å²) in [5.41, 5.74) is 2.97. The summed E-state index contributed by atoms with van der Waals surface area (Å²) in [4.78, 5) is 40.1. The monoisotopic (exact) mass is 471 g/mol. The van der Waals surface area contributed by atoms with E-state index in [9.17, 15) is 14.4 Å². The first-order valence-corrected chi connectivity index (χ1v) is 12.0. The summed E-state index contributed by atoms with van der Waals surface area (Å²) in [7, 11) is 0. The van der Waals surface area contributed by atoms with Crippen molar-refractivity contribution >= 4 is 23.7 Å². The molecular formula is C27H29N5O3. The van der Waals surface area contributed by atoms with E-state index in [0.29, 0.717) is 25.2 Å². The highest BCUT2D eigenvalue weighted by atomic mass is 16.2. The number of amides is 4. The summed E-state index contributed by atoms with van der Waals surface area (Å²) in [6.07, 6.45) is 3.01. The molecule has 180 valence electrons. The predicted octanol–water partition coefficient (Wildman–Crippen LogP) is 4.10. The summed E-state index contributed by atoms with van der Waals surface area (Å²) < 4.78 is 1.74. The molecule has 8 nitrogen and oxygen atoms in total. The Balaban J connectivity index is 1.42. The van der Waals surface area contributed by atoms with Crippen LogP contribution in [0.1, 0.15) is 43.7 Å². The molecule has 0 bridgehead atoms. The van der Waals surface area contributed by atoms with Gasteiger partial charge >= 0.3 is 6.03 Å². The maximum absolute atomic E-state index is 13.3. The van der Waals surface area contributed by atoms with Crippen LogP contribution in [0.15, 0.2) is 60.7 Å². The SMILES string of the molecule is Cc1ccccc1-c1cc(NC(=O)C(C)N2C(=O)NC3(CCCC3)C2=O)n(Cc2ccccc2)n1. The lowest BCUT2D eigenvalue weighted by atomic mass is 9.97. The zero-order valence-corrected chi connectivity index (χ0v) is 20.0. The Morgan fingerprint density at radius 3 is 2.49 bits per heavy atom. The minimum absolute atomic E-state index is 0.305. The van der Waals surface area contributed by atoms with E-state index in [1.54, 1.807) is 11.6 Å². The van der Waals surface area contributed by atoms with Crippen LogP contribution in [0.5, 0.6) is 0 Å². The fourth-order valence-corrected chi connectivity index (χ4v) is 5.04. The van der Waals surface area contributed by atoms with E-state index in [-0.39, 0.29) is 5.91 Å². The molecule has 1 unspecified atom stereocenters. The van der Waals surface area contributed by atoms with Crippen molar-refractivity contribution in [3.8, 4) is 11.3 Å². The number of nitrogens with zero attached hydrogens (tertiary/aromatic N) is 3. The van der Waals surface area contributed by atoms with Gasteiger partial charge in [-0.15, -0.1) is 0 Å². The Labute approximate surface area is 204 Å². The topological polar surface area (TPSA) is 96.3 Å². The van der Waals surface area contributed by atoms with Crippen molar-refractivity contribution in [2.24, 2.45) is 0 Å². The number of carbonyl (C=O) groups excluding carboxylic acids is 3. The van der Waals surface area contributed by atoms with Gasteiger partial charge in [-0.05, 0) is 37.8 Å². The molecule has 1 aliphatic carbocycles. The van der Waals surface area contributed by atoms with E-state index in [0.717, 1.165) is 40.1 Å². The lowest BCUT2D eigenvalue weighted by molar-refractivity contribution is -0.136. The second-order valence-electron chi connectivity index (χ2n) is 9.43. The molecule has 1 aliphatic heterocycles. The van der Waals surface area contributed by atoms with E-state index >= 15 is 0 Å². The molecule has 8 heteroatoms. The highest BCUT2D eigenvalue weighted by molar-refractivity contribution is 6.11. The minimum Gasteiger partial charge on any atom is -0.323 e. The Hall–Kier alpha value is -3.94. The second kappa shape index (κ2) is 9.02. The first-order valence-electron chi connectivity index (χ1n) is 12.0. The van der Waals surface area contributed by atoms with E-state index in [1.165, 1.54) is 0 Å². The third-order valence-corrected chi connectivity index (χ3v) is 7.04. The molecule has 5 rings (SSSR count). The molecule has 1 spiro atoms. The van der Waals surface area contributed by atoms with Gasteiger partial charge in [0.2, 0.25) is 5.91 Å². The van der Waals surface area contributed by atoms with Gasteiger partial charge in [0.1, 0.15) is 17.4 Å². The van der Waals surface area contributed by atoms with Crippen LogP contribution in [0.2, 0.25) is 0 Å². The van der Waals surface area contributed by atoms with Crippen molar-refractivity contribution < 1.29 is 14.4 Å². The second-order valence-corrected chi connectivity index (χ2v) is 9.43. The molecule has 1 saturated carbocycles. The number of rotatable bonds is 6. The smallest absolute Gasteiger partial charge is 0.323 e. The molecule has 3 aromatic rings. The molecule has 1 aromatic heterocycles. The van der Waals surface area contributed by atoms with E-state index in [4.69, 9.17) is 5.10 Å². The summed E-state index contributed by atoms with van der Waals surface area (Å²) in [6.45, 7) is 4.06. The third kappa shape index (κ3) is 4.20. The van der Waals surface area contributed by atoms with Crippen LogP contribution in [0, 0.1) is 6.92 Å². The number of carbonyl (C=O) groups is 3. The van der Waals surface area contributed by atoms with Crippen molar-refractivity contribution in [1.82, 2.24) is 20.0 Å². The number of benzene rings is 2. The Morgan fingerprint density at radius 1 is 1.09 bits per heavy atom. The first-order chi connectivity index (χ1) is 16.9. The third-order valence-electron chi connectivity index (χ3n) is 7.04. The molecule has 1 saturated heterocycles. The van der Waals surface area contributed by atoms with E-state index in [2.05, 4.69) is 10.6 Å². The van der Waals surface area contributed by atoms with Gasteiger partial charge in [0, 0.05) is 11.6 Å². The number of aromatic nitrogens is 2. The molecule has 2 N–H and O–H groups in total. The quantitative estimate of drug-likeness (QED) is 0.529. The average Bonchev–Trinajstić information content (AvgIpc) is 3.53. The average molecular weight is 472 g/mol. The van der Waals surface area contributed by atoms with Crippen LogP contribution in [-0.4, -0.2) is 44.1 Å². The molecular weight excluding hydrogens is 442 g/mol. The molecule has 2 heterocycles. The van der Waals surface area contributed by atoms with E-state index in [1.807, 2.05) is 67.6 Å². The number of aryl methyl sites for hydroxylation is 1. The molecule has 2 aliphatic rings. The van der Waals surface area contributed by atoms with Crippen molar-refractivity contribution in [2.75, 3.05) is 5.32 Å². The summed E-state index contributed by atoms with van der Waals surface area (Å²) in [5, 5.41) is 10.5. The van der Waals surface area contributed by atoms with Crippen molar-refractivity contribution in [3.63, 3.8) is 0 Å². The number of urea groups is 1. The van der Waals surface area contributed by atoms with E-state index < -0.39 is 23.5 Å². The first kappa shape index (κ1) is 22.8. The fraction of sp³-hybridized carbons (Fsp3) is 0.333. The van der Waals surface area contributed by atoms with Gasteiger partial charge in [0.05, 0.1) is 12.2 Å². The predicted molar refractivity (Wildman–Crippen MR) is 133 cm³/mol. The largest absolute Gasteiger partial charge is 0.325 e. The van der Waals surface area contributed by atoms with Gasteiger partial charge in [-0.3, -0.25) is 9.59 Å². The Kier molecular flexibility index (Phi) is 5.88. The van der Waals surface area contributed by atoms with Crippen LogP contribution in [-0.2, 0) is 16.1 Å². The normalized spacial score (nSPS) is 17.6. The molecule has 2 fully saturated rings. The number of hydrogen-bond donors (Lipinski definition) is 2. The lowest BCUT2D eigenvalue weighted by Crippen LogP contribution is -2.48. The van der Waals surface area contributed by atoms with Gasteiger partial charge < -0.3 is 10.6 Å². The van der Waals surface area contributed by atoms with Crippen molar-refractivity contribution in [3.05, 3.63) is 71.8 Å². The highest BCUT2D eigenvalue weighted by Crippen LogP contribution is 2.36. The van der Waals surface area contributed by atoms with Gasteiger partial charge in [0.15, 0.2) is 0 Å². The number of hydrogen-bond acceptors (Lipinski definition) is 4. The summed E-state index contributed by atoms with van der Waals surface area (Å²) >= 11 is 0. The number of nitrogens with one attached hydrogen (secondary N) is 2. The van der Waals surface area contributed by atoms with Crippen LogP contribution in [0.3, 0.4) is 0 Å². The Morgan fingerprint density at radius 2 is 1.77 bits per heavy atom. The molecule has 2 aromatic carbocycles. The van der Waals surface area contributed by atoms with Crippen LogP contribution >= 0.6 is 0 Å². The Bertz CT molecular complexity index is 1280. The highest BCUT2D eigenvalue weighted by Gasteiger charge is 2.54. The molecule has 35 heavy (non-hydrogen) atoms. The number of imide groups is 1. The summed E-state index contributed by atoms with van der Waals surface area (Å²) in [6, 6.07) is 18.2. The van der Waals surface area contributed by atoms with Crippen molar-refractivity contribution in [2.45, 2.75) is 57.7 Å². The van der Waals surface area contributed by atoms with Crippen molar-refractivity contribution in [1.29, 1.82) is 0 Å². The van der Waals surface area contributed by atoms with Crippen LogP contribution in [0.4, 0.5) is 10.6 Å². The van der Waals surface area contributed by atoms with Gasteiger partial charge in [-0.2, -0.15) is 5.10 Å². The van der Waals surface area contributed by atoms with Gasteiger partial charge in [-0.25, -0.2) is 14.4 Å². The van der Waals surface area contributed by atoms with Crippen LogP contribution < -0.4 is 10.6 Å². The zero-order valence-electron chi connectivity index (χ0n) is 20.0. The molecule has 1 atom stereocenters. The molecule has 0 radical (unpaired) electrons. The van der Waals surface area contributed by atoms with Crippen LogP contribution in [0.25, 0.3) is 11.3 Å². The summed E-state index contributed by atoms with van der Waals surface area (Å²) in [5.74, 6) is -0.235. The van der Waals surface area contributed by atoms with Gasteiger partial charge in [-0.1, -0.05) is 67.4 Å². The lowest BCUT2D eigenvalue weighted by Gasteiger charge is -2.23. The number of anilines is 1. The maximum Gasteiger partial charge on any atom is 0.325 e.